The van der Waals surface area contributed by atoms with Gasteiger partial charge in [0, 0.05) is 11.8 Å². The Balaban J connectivity index is 1.45. The van der Waals surface area contributed by atoms with Crippen molar-refractivity contribution in [3.05, 3.63) is 168 Å². The molecule has 176 valence electrons. The third-order valence-corrected chi connectivity index (χ3v) is 7.94. The van der Waals surface area contributed by atoms with Gasteiger partial charge in [-0.1, -0.05) is 146 Å². The fraction of sp³-hybridized carbons (Fsp3) is 0.0811. The smallest absolute Gasteiger partial charge is 0.0196 e. The van der Waals surface area contributed by atoms with Gasteiger partial charge < -0.3 is 0 Å². The highest BCUT2D eigenvalue weighted by Crippen LogP contribution is 2.49. The highest BCUT2D eigenvalue weighted by Gasteiger charge is 2.32. The Hall–Kier alpha value is -4.42. The van der Waals surface area contributed by atoms with Gasteiger partial charge in [0.15, 0.2) is 0 Å². The molecular weight excluding hydrogens is 444 g/mol. The van der Waals surface area contributed by atoms with Gasteiger partial charge in [-0.2, -0.15) is 0 Å². The molecule has 0 aliphatic heterocycles. The summed E-state index contributed by atoms with van der Waals surface area (Å²) in [6.07, 6.45) is 10.1. The van der Waals surface area contributed by atoms with E-state index in [-0.39, 0.29) is 5.92 Å². The van der Waals surface area contributed by atoms with E-state index in [0.717, 1.165) is 6.42 Å². The number of hydrogen-bond donors (Lipinski definition) is 0. The third-order valence-electron chi connectivity index (χ3n) is 7.94. The summed E-state index contributed by atoms with van der Waals surface area (Å²) in [5.74, 6) is 0.587. The quantitative estimate of drug-likeness (QED) is 0.234. The number of allylic oxidation sites excluding steroid dienone is 4. The second-order valence-corrected chi connectivity index (χ2v) is 10.1. The first-order valence-corrected chi connectivity index (χ1v) is 13.2. The van der Waals surface area contributed by atoms with Crippen molar-refractivity contribution in [1.82, 2.24) is 0 Å². The van der Waals surface area contributed by atoms with Gasteiger partial charge in [0.25, 0.3) is 0 Å². The molecule has 2 aliphatic rings. The molecule has 37 heavy (non-hydrogen) atoms. The predicted molar refractivity (Wildman–Crippen MR) is 156 cm³/mol. The van der Waals surface area contributed by atoms with Crippen LogP contribution in [-0.4, -0.2) is 0 Å². The summed E-state index contributed by atoms with van der Waals surface area (Å²) < 4.78 is 0. The largest absolute Gasteiger partial charge is 0.0767 e. The minimum Gasteiger partial charge on any atom is -0.0767 e. The van der Waals surface area contributed by atoms with Crippen LogP contribution in [0.3, 0.4) is 0 Å². The van der Waals surface area contributed by atoms with Crippen molar-refractivity contribution in [1.29, 1.82) is 0 Å². The first-order valence-electron chi connectivity index (χ1n) is 13.2. The summed E-state index contributed by atoms with van der Waals surface area (Å²) in [6.45, 7) is 0. The van der Waals surface area contributed by atoms with Crippen LogP contribution in [0.5, 0.6) is 0 Å². The molecule has 0 heteroatoms. The van der Waals surface area contributed by atoms with Crippen molar-refractivity contribution in [3.8, 4) is 33.4 Å². The van der Waals surface area contributed by atoms with Gasteiger partial charge in [0.2, 0.25) is 0 Å². The zero-order valence-corrected chi connectivity index (χ0v) is 20.7. The van der Waals surface area contributed by atoms with Crippen molar-refractivity contribution in [2.24, 2.45) is 5.92 Å². The first-order chi connectivity index (χ1) is 18.4. The molecule has 0 N–H and O–H groups in total. The minimum atomic E-state index is 0.254. The second-order valence-electron chi connectivity index (χ2n) is 10.1. The van der Waals surface area contributed by atoms with Gasteiger partial charge in [-0.15, -0.1) is 0 Å². The Bertz CT molecular complexity index is 1610. The monoisotopic (exact) mass is 472 g/mol. The number of benzene rings is 5. The van der Waals surface area contributed by atoms with E-state index in [0.29, 0.717) is 5.92 Å². The zero-order chi connectivity index (χ0) is 24.6. The van der Waals surface area contributed by atoms with Crippen LogP contribution < -0.4 is 0 Å². The molecule has 0 fully saturated rings. The Morgan fingerprint density at radius 1 is 0.514 bits per heavy atom. The molecular formula is C37H28. The average molecular weight is 473 g/mol. The van der Waals surface area contributed by atoms with Crippen LogP contribution in [0.4, 0.5) is 0 Å². The van der Waals surface area contributed by atoms with Crippen molar-refractivity contribution in [3.63, 3.8) is 0 Å². The summed E-state index contributed by atoms with van der Waals surface area (Å²) in [6, 6.07) is 44.5. The van der Waals surface area contributed by atoms with E-state index in [1.165, 1.54) is 55.6 Å². The van der Waals surface area contributed by atoms with Crippen LogP contribution in [0.1, 0.15) is 28.2 Å². The van der Waals surface area contributed by atoms with Crippen molar-refractivity contribution in [2.75, 3.05) is 0 Å². The van der Waals surface area contributed by atoms with E-state index in [4.69, 9.17) is 0 Å². The average Bonchev–Trinajstić information content (AvgIpc) is 3.63. The lowest BCUT2D eigenvalue weighted by Gasteiger charge is -2.28. The topological polar surface area (TPSA) is 0 Å². The maximum atomic E-state index is 2.41. The van der Waals surface area contributed by atoms with Crippen LogP contribution in [0.2, 0.25) is 0 Å². The fourth-order valence-electron chi connectivity index (χ4n) is 6.25. The van der Waals surface area contributed by atoms with E-state index in [1.807, 2.05) is 0 Å². The predicted octanol–water partition coefficient (Wildman–Crippen LogP) is 9.47. The lowest BCUT2D eigenvalue weighted by molar-refractivity contribution is 0.689. The van der Waals surface area contributed by atoms with Crippen LogP contribution in [0.15, 0.2) is 146 Å². The second kappa shape index (κ2) is 9.22. The summed E-state index contributed by atoms with van der Waals surface area (Å²) >= 11 is 0. The van der Waals surface area contributed by atoms with Crippen molar-refractivity contribution >= 4 is 0 Å². The Morgan fingerprint density at radius 3 is 1.81 bits per heavy atom. The zero-order valence-electron chi connectivity index (χ0n) is 20.7. The van der Waals surface area contributed by atoms with Crippen molar-refractivity contribution < 1.29 is 0 Å². The standard InChI is InChI=1S/C37H28/c1-4-12-26(13-5-1)30-20-21-32-31(24-30)25-35-34(32)23-22-33(27-14-6-2-7-15-27)37(35)36(29-18-10-11-19-29)28-16-8-3-9-17-28/h1-24,29,36H,25H2. The summed E-state index contributed by atoms with van der Waals surface area (Å²) in [5.41, 5.74) is 13.7. The summed E-state index contributed by atoms with van der Waals surface area (Å²) in [7, 11) is 0. The molecule has 0 saturated carbocycles. The van der Waals surface area contributed by atoms with E-state index >= 15 is 0 Å². The highest BCUT2D eigenvalue weighted by atomic mass is 14.3. The third kappa shape index (κ3) is 3.86. The van der Waals surface area contributed by atoms with Crippen molar-refractivity contribution in [2.45, 2.75) is 12.3 Å². The number of rotatable bonds is 5. The van der Waals surface area contributed by atoms with Gasteiger partial charge in [-0.05, 0) is 62.1 Å². The lowest BCUT2D eigenvalue weighted by Crippen LogP contribution is -2.13. The van der Waals surface area contributed by atoms with E-state index in [9.17, 15) is 0 Å². The molecule has 0 saturated heterocycles. The van der Waals surface area contributed by atoms with Crippen LogP contribution in [-0.2, 0) is 6.42 Å². The maximum Gasteiger partial charge on any atom is 0.0196 e. The van der Waals surface area contributed by atoms with Gasteiger partial charge in [0.05, 0.1) is 0 Å². The Labute approximate surface area is 219 Å². The van der Waals surface area contributed by atoms with Crippen LogP contribution >= 0.6 is 0 Å². The maximum absolute atomic E-state index is 2.41. The molecule has 1 atom stereocenters. The molecule has 0 amide bonds. The normalized spacial score (nSPS) is 14.5. The van der Waals surface area contributed by atoms with E-state index in [2.05, 4.69) is 146 Å². The molecule has 1 unspecified atom stereocenters. The molecule has 0 aromatic heterocycles. The summed E-state index contributed by atoms with van der Waals surface area (Å²) in [4.78, 5) is 0. The molecule has 0 spiro atoms. The van der Waals surface area contributed by atoms with Crippen LogP contribution in [0.25, 0.3) is 33.4 Å². The molecule has 0 nitrogen and oxygen atoms in total. The molecule has 7 rings (SSSR count). The Morgan fingerprint density at radius 2 is 1.11 bits per heavy atom. The van der Waals surface area contributed by atoms with Gasteiger partial charge in [-0.3, -0.25) is 0 Å². The SMILES string of the molecule is C1=CC(C(c2ccccc2)c2c(-c3ccccc3)ccc3c2Cc2cc(-c4ccccc4)ccc2-3)C=C1. The highest BCUT2D eigenvalue weighted by molar-refractivity contribution is 5.85. The lowest BCUT2D eigenvalue weighted by atomic mass is 9.75. The molecule has 5 aromatic carbocycles. The molecule has 0 bridgehead atoms. The first kappa shape index (κ1) is 21.8. The molecule has 0 heterocycles. The number of hydrogen-bond acceptors (Lipinski definition) is 0. The molecule has 5 aromatic rings. The van der Waals surface area contributed by atoms with Gasteiger partial charge >= 0.3 is 0 Å². The van der Waals surface area contributed by atoms with Crippen LogP contribution in [0, 0.1) is 5.92 Å². The fourth-order valence-corrected chi connectivity index (χ4v) is 6.25. The summed E-state index contributed by atoms with van der Waals surface area (Å²) in [5, 5.41) is 0. The van der Waals surface area contributed by atoms with E-state index in [1.54, 1.807) is 0 Å². The van der Waals surface area contributed by atoms with Gasteiger partial charge in [-0.25, -0.2) is 0 Å². The van der Waals surface area contributed by atoms with E-state index < -0.39 is 0 Å². The molecule has 0 radical (unpaired) electrons. The Kier molecular flexibility index (Phi) is 5.44. The molecule has 2 aliphatic carbocycles. The number of fused-ring (bicyclic) bond motifs is 3. The minimum absolute atomic E-state index is 0.254. The van der Waals surface area contributed by atoms with Gasteiger partial charge in [0.1, 0.15) is 0 Å².